The Morgan fingerprint density at radius 3 is 2.42 bits per heavy atom. The van der Waals surface area contributed by atoms with Crippen molar-refractivity contribution in [2.45, 2.75) is 19.8 Å². The fourth-order valence-corrected chi connectivity index (χ4v) is 3.22. The zero-order valence-corrected chi connectivity index (χ0v) is 18.3. The number of carbonyl (C=O) groups is 1. The second kappa shape index (κ2) is 11.7. The van der Waals surface area contributed by atoms with Crippen LogP contribution < -0.4 is 20.1 Å². The maximum atomic E-state index is 12.4. The van der Waals surface area contributed by atoms with Gasteiger partial charge in [-0.2, -0.15) is 0 Å². The number of carbonyl (C=O) groups excluding carboxylic acids is 1. The topological polar surface area (TPSA) is 59.6 Å². The highest BCUT2D eigenvalue weighted by Crippen LogP contribution is 2.18. The second-order valence-corrected chi connectivity index (χ2v) is 7.24. The lowest BCUT2D eigenvalue weighted by Crippen LogP contribution is -2.34. The van der Waals surface area contributed by atoms with E-state index in [0.29, 0.717) is 24.5 Å². The molecular formula is C25H26N2O3S. The van der Waals surface area contributed by atoms with E-state index in [2.05, 4.69) is 22.8 Å². The maximum absolute atomic E-state index is 12.4. The third kappa shape index (κ3) is 7.42. The lowest BCUT2D eigenvalue weighted by atomic mass is 10.1. The minimum atomic E-state index is -0.299. The number of rotatable bonds is 9. The first-order valence-corrected chi connectivity index (χ1v) is 10.7. The van der Waals surface area contributed by atoms with E-state index in [-0.39, 0.29) is 11.0 Å². The third-order valence-electron chi connectivity index (χ3n) is 4.45. The van der Waals surface area contributed by atoms with E-state index in [1.165, 1.54) is 5.56 Å². The van der Waals surface area contributed by atoms with E-state index in [0.717, 1.165) is 24.3 Å². The van der Waals surface area contributed by atoms with Gasteiger partial charge in [-0.05, 0) is 67.9 Å². The van der Waals surface area contributed by atoms with E-state index in [1.807, 2.05) is 55.5 Å². The largest absolute Gasteiger partial charge is 0.494 e. The number of ether oxygens (including phenoxy) is 2. The smallest absolute Gasteiger partial charge is 0.257 e. The Morgan fingerprint density at radius 2 is 1.65 bits per heavy atom. The molecule has 0 radical (unpaired) electrons. The van der Waals surface area contributed by atoms with Crippen molar-refractivity contribution in [2.24, 2.45) is 0 Å². The molecular weight excluding hydrogens is 408 g/mol. The number of amides is 1. The Labute approximate surface area is 188 Å². The summed E-state index contributed by atoms with van der Waals surface area (Å²) in [4.78, 5) is 12.4. The first kappa shape index (κ1) is 22.3. The molecule has 3 rings (SSSR count). The predicted octanol–water partition coefficient (Wildman–Crippen LogP) is 5.22. The van der Waals surface area contributed by atoms with Gasteiger partial charge >= 0.3 is 0 Å². The molecule has 3 aromatic carbocycles. The molecule has 0 atom stereocenters. The van der Waals surface area contributed by atoms with Gasteiger partial charge in [0.25, 0.3) is 5.91 Å². The van der Waals surface area contributed by atoms with Crippen molar-refractivity contribution in [3.05, 3.63) is 90.0 Å². The van der Waals surface area contributed by atoms with Gasteiger partial charge in [0.05, 0.1) is 13.2 Å². The molecule has 1 amide bonds. The Kier molecular flexibility index (Phi) is 8.43. The van der Waals surface area contributed by atoms with Crippen LogP contribution in [0.25, 0.3) is 0 Å². The van der Waals surface area contributed by atoms with Crippen LogP contribution >= 0.6 is 12.2 Å². The number of aryl methyl sites for hydroxylation is 1. The average Bonchev–Trinajstić information content (AvgIpc) is 2.78. The van der Waals surface area contributed by atoms with E-state index in [1.54, 1.807) is 18.2 Å². The Balaban J connectivity index is 1.47. The molecule has 5 nitrogen and oxygen atoms in total. The van der Waals surface area contributed by atoms with Crippen molar-refractivity contribution in [1.29, 1.82) is 0 Å². The summed E-state index contributed by atoms with van der Waals surface area (Å²) < 4.78 is 11.3. The van der Waals surface area contributed by atoms with Gasteiger partial charge in [0.15, 0.2) is 5.11 Å². The normalized spacial score (nSPS) is 10.2. The van der Waals surface area contributed by atoms with Crippen LogP contribution in [0.5, 0.6) is 11.5 Å². The van der Waals surface area contributed by atoms with Crippen LogP contribution in [0.15, 0.2) is 78.9 Å². The summed E-state index contributed by atoms with van der Waals surface area (Å²) in [5.74, 6) is 1.09. The average molecular weight is 435 g/mol. The zero-order valence-electron chi connectivity index (χ0n) is 17.5. The number of hydrogen-bond donors (Lipinski definition) is 2. The van der Waals surface area contributed by atoms with Gasteiger partial charge in [0.1, 0.15) is 11.5 Å². The third-order valence-corrected chi connectivity index (χ3v) is 4.65. The van der Waals surface area contributed by atoms with Crippen LogP contribution in [0, 0.1) is 0 Å². The first-order valence-electron chi connectivity index (χ1n) is 10.3. The molecule has 0 saturated carbocycles. The number of nitrogens with one attached hydrogen (secondary N) is 2. The zero-order chi connectivity index (χ0) is 21.9. The maximum Gasteiger partial charge on any atom is 0.257 e. The first-order chi connectivity index (χ1) is 15.1. The van der Waals surface area contributed by atoms with Crippen LogP contribution in [-0.2, 0) is 6.42 Å². The van der Waals surface area contributed by atoms with E-state index < -0.39 is 0 Å². The van der Waals surface area contributed by atoms with Gasteiger partial charge < -0.3 is 14.8 Å². The highest BCUT2D eigenvalue weighted by molar-refractivity contribution is 7.80. The summed E-state index contributed by atoms with van der Waals surface area (Å²) in [6.07, 6.45) is 1.90. The Hall–Kier alpha value is -3.38. The van der Waals surface area contributed by atoms with Crippen molar-refractivity contribution >= 4 is 28.9 Å². The van der Waals surface area contributed by atoms with Gasteiger partial charge in [-0.15, -0.1) is 0 Å². The quantitative estimate of drug-likeness (QED) is 0.357. The highest BCUT2D eigenvalue weighted by atomic mass is 32.1. The molecule has 160 valence electrons. The number of benzene rings is 3. The molecule has 0 unspecified atom stereocenters. The summed E-state index contributed by atoms with van der Waals surface area (Å²) in [6, 6.07) is 24.8. The molecule has 6 heteroatoms. The summed E-state index contributed by atoms with van der Waals surface area (Å²) in [5, 5.41) is 5.93. The molecule has 0 aromatic heterocycles. The molecule has 2 N–H and O–H groups in total. The van der Waals surface area contributed by atoms with Crippen LogP contribution in [0.4, 0.5) is 5.69 Å². The van der Waals surface area contributed by atoms with Crippen LogP contribution in [0.3, 0.4) is 0 Å². The van der Waals surface area contributed by atoms with Gasteiger partial charge in [-0.1, -0.05) is 42.5 Å². The van der Waals surface area contributed by atoms with Crippen molar-refractivity contribution < 1.29 is 14.3 Å². The molecule has 0 aliphatic heterocycles. The summed E-state index contributed by atoms with van der Waals surface area (Å²) in [5.41, 5.74) is 2.52. The fourth-order valence-electron chi connectivity index (χ4n) is 3.01. The van der Waals surface area contributed by atoms with E-state index in [9.17, 15) is 4.79 Å². The SMILES string of the molecule is CCOc1cccc(C(=O)NC(=S)Nc2cccc(OCCCc3ccccc3)c2)c1. The lowest BCUT2D eigenvalue weighted by Gasteiger charge is -2.12. The molecule has 0 heterocycles. The number of anilines is 1. The van der Waals surface area contributed by atoms with Crippen molar-refractivity contribution in [3.63, 3.8) is 0 Å². The molecule has 0 spiro atoms. The molecule has 31 heavy (non-hydrogen) atoms. The Morgan fingerprint density at radius 1 is 0.903 bits per heavy atom. The minimum absolute atomic E-state index is 0.216. The van der Waals surface area contributed by atoms with E-state index in [4.69, 9.17) is 21.7 Å². The van der Waals surface area contributed by atoms with Gasteiger partial charge in [0, 0.05) is 17.3 Å². The molecule has 0 aliphatic carbocycles. The van der Waals surface area contributed by atoms with Crippen LogP contribution in [0.2, 0.25) is 0 Å². The summed E-state index contributed by atoms with van der Waals surface area (Å²) in [7, 11) is 0. The monoisotopic (exact) mass is 434 g/mol. The summed E-state index contributed by atoms with van der Waals surface area (Å²) >= 11 is 5.28. The lowest BCUT2D eigenvalue weighted by molar-refractivity contribution is 0.0977. The van der Waals surface area contributed by atoms with Crippen LogP contribution in [-0.4, -0.2) is 24.2 Å². The minimum Gasteiger partial charge on any atom is -0.494 e. The number of hydrogen-bond acceptors (Lipinski definition) is 4. The van der Waals surface area contributed by atoms with Gasteiger partial charge in [-0.3, -0.25) is 10.1 Å². The fraction of sp³-hybridized carbons (Fsp3) is 0.200. The van der Waals surface area contributed by atoms with Crippen molar-refractivity contribution in [2.75, 3.05) is 18.5 Å². The standard InChI is InChI=1S/C25H26N2O3S/c1-2-29-22-14-6-12-20(17-22)24(28)27-25(31)26-21-13-7-15-23(18-21)30-16-8-11-19-9-4-3-5-10-19/h3-7,9-10,12-15,17-18H,2,8,11,16H2,1H3,(H2,26,27,28,31). The molecule has 0 fully saturated rings. The molecule has 3 aromatic rings. The van der Waals surface area contributed by atoms with Gasteiger partial charge in [0.2, 0.25) is 0 Å². The highest BCUT2D eigenvalue weighted by Gasteiger charge is 2.09. The predicted molar refractivity (Wildman–Crippen MR) is 128 cm³/mol. The second-order valence-electron chi connectivity index (χ2n) is 6.83. The van der Waals surface area contributed by atoms with E-state index >= 15 is 0 Å². The van der Waals surface area contributed by atoms with Gasteiger partial charge in [-0.25, -0.2) is 0 Å². The molecule has 0 saturated heterocycles. The molecule has 0 aliphatic rings. The Bertz CT molecular complexity index is 1010. The van der Waals surface area contributed by atoms with Crippen molar-refractivity contribution in [3.8, 4) is 11.5 Å². The summed E-state index contributed by atoms with van der Waals surface area (Å²) in [6.45, 7) is 3.05. The molecule has 0 bridgehead atoms. The number of thiocarbonyl (C=S) groups is 1. The van der Waals surface area contributed by atoms with Crippen molar-refractivity contribution in [1.82, 2.24) is 5.32 Å². The van der Waals surface area contributed by atoms with Crippen LogP contribution in [0.1, 0.15) is 29.3 Å².